The standard InChI is InChI=1S/C12H15N3O5/c1-15-8(6-7-13-15)2-4-10(16)14-9(12(19)20)3-5-11(17)18/h2,4,6-7,9H,3,5H2,1H3,(H,14,16)(H,17,18)(H,19,20)/b4-2+/t9-/m0/s1. The van der Waals surface area contributed by atoms with Crippen LogP contribution in [0.15, 0.2) is 18.3 Å². The average molecular weight is 281 g/mol. The number of hydrogen-bond donors (Lipinski definition) is 3. The Morgan fingerprint density at radius 1 is 1.45 bits per heavy atom. The van der Waals surface area contributed by atoms with Crippen LogP contribution in [0.3, 0.4) is 0 Å². The molecule has 8 nitrogen and oxygen atoms in total. The highest BCUT2D eigenvalue weighted by molar-refractivity contribution is 5.94. The van der Waals surface area contributed by atoms with Crippen LogP contribution < -0.4 is 5.32 Å². The van der Waals surface area contributed by atoms with E-state index in [4.69, 9.17) is 10.2 Å². The molecule has 1 aromatic heterocycles. The molecule has 0 aliphatic heterocycles. The third-order valence-electron chi connectivity index (χ3n) is 2.53. The molecule has 0 aliphatic carbocycles. The number of aliphatic carboxylic acids is 2. The smallest absolute Gasteiger partial charge is 0.326 e. The van der Waals surface area contributed by atoms with Gasteiger partial charge in [0.15, 0.2) is 0 Å². The molecule has 0 aliphatic rings. The summed E-state index contributed by atoms with van der Waals surface area (Å²) >= 11 is 0. The summed E-state index contributed by atoms with van der Waals surface area (Å²) in [5.74, 6) is -2.99. The van der Waals surface area contributed by atoms with Crippen molar-refractivity contribution < 1.29 is 24.6 Å². The Kier molecular flexibility index (Phi) is 5.45. The molecule has 0 spiro atoms. The highest BCUT2D eigenvalue weighted by Gasteiger charge is 2.19. The summed E-state index contributed by atoms with van der Waals surface area (Å²) in [5.41, 5.74) is 0.678. The summed E-state index contributed by atoms with van der Waals surface area (Å²) < 4.78 is 1.54. The predicted octanol–water partition coefficient (Wildman–Crippen LogP) is -0.132. The fourth-order valence-electron chi connectivity index (χ4n) is 1.45. The maximum Gasteiger partial charge on any atom is 0.326 e. The first-order valence-electron chi connectivity index (χ1n) is 5.81. The molecule has 8 heteroatoms. The van der Waals surface area contributed by atoms with Gasteiger partial charge in [0.25, 0.3) is 0 Å². The molecule has 1 amide bonds. The Balaban J connectivity index is 2.58. The van der Waals surface area contributed by atoms with Gasteiger partial charge in [-0.25, -0.2) is 4.79 Å². The highest BCUT2D eigenvalue weighted by Crippen LogP contribution is 2.01. The molecule has 1 aromatic rings. The van der Waals surface area contributed by atoms with E-state index in [0.29, 0.717) is 5.69 Å². The first-order chi connectivity index (χ1) is 9.40. The van der Waals surface area contributed by atoms with Crippen molar-refractivity contribution in [3.8, 4) is 0 Å². The summed E-state index contributed by atoms with van der Waals surface area (Å²) in [6.07, 6.45) is 3.72. The molecule has 20 heavy (non-hydrogen) atoms. The van der Waals surface area contributed by atoms with Gasteiger partial charge in [-0.3, -0.25) is 14.3 Å². The van der Waals surface area contributed by atoms with Crippen molar-refractivity contribution in [1.29, 1.82) is 0 Å². The lowest BCUT2D eigenvalue weighted by atomic mass is 10.1. The van der Waals surface area contributed by atoms with Gasteiger partial charge in [-0.15, -0.1) is 0 Å². The van der Waals surface area contributed by atoms with Gasteiger partial charge in [-0.2, -0.15) is 5.10 Å². The van der Waals surface area contributed by atoms with Crippen molar-refractivity contribution >= 4 is 23.9 Å². The van der Waals surface area contributed by atoms with Crippen LogP contribution in [0, 0.1) is 0 Å². The van der Waals surface area contributed by atoms with E-state index in [1.54, 1.807) is 24.0 Å². The summed E-state index contributed by atoms with van der Waals surface area (Å²) in [7, 11) is 1.70. The van der Waals surface area contributed by atoms with Gasteiger partial charge in [0, 0.05) is 25.7 Å². The SMILES string of the molecule is Cn1nccc1/C=C/C(=O)N[C@@H](CCC(=O)O)C(=O)O. The Morgan fingerprint density at radius 2 is 2.15 bits per heavy atom. The second kappa shape index (κ2) is 7.07. The van der Waals surface area contributed by atoms with Crippen molar-refractivity contribution in [3.05, 3.63) is 24.0 Å². The van der Waals surface area contributed by atoms with Gasteiger partial charge >= 0.3 is 11.9 Å². The van der Waals surface area contributed by atoms with Gasteiger partial charge < -0.3 is 15.5 Å². The van der Waals surface area contributed by atoms with Crippen molar-refractivity contribution in [2.75, 3.05) is 0 Å². The van der Waals surface area contributed by atoms with Crippen LogP contribution in [0.1, 0.15) is 18.5 Å². The van der Waals surface area contributed by atoms with E-state index in [-0.39, 0.29) is 12.8 Å². The van der Waals surface area contributed by atoms with Gasteiger partial charge in [-0.05, 0) is 18.6 Å². The van der Waals surface area contributed by atoms with Crippen molar-refractivity contribution in [1.82, 2.24) is 15.1 Å². The topological polar surface area (TPSA) is 122 Å². The molecule has 0 radical (unpaired) electrons. The normalized spacial score (nSPS) is 12.2. The molecule has 0 unspecified atom stereocenters. The van der Waals surface area contributed by atoms with Crippen LogP contribution in [0.4, 0.5) is 0 Å². The van der Waals surface area contributed by atoms with E-state index in [9.17, 15) is 14.4 Å². The molecule has 0 bridgehead atoms. The minimum Gasteiger partial charge on any atom is -0.481 e. The molecule has 0 aromatic carbocycles. The quantitative estimate of drug-likeness (QED) is 0.598. The number of hydrogen-bond acceptors (Lipinski definition) is 4. The molecule has 0 fully saturated rings. The molecular formula is C12H15N3O5. The molecule has 108 valence electrons. The van der Waals surface area contributed by atoms with E-state index >= 15 is 0 Å². The predicted molar refractivity (Wildman–Crippen MR) is 68.7 cm³/mol. The maximum absolute atomic E-state index is 11.6. The zero-order valence-electron chi connectivity index (χ0n) is 10.8. The number of carbonyl (C=O) groups is 3. The lowest BCUT2D eigenvalue weighted by molar-refractivity contribution is -0.142. The summed E-state index contributed by atoms with van der Waals surface area (Å²) in [6, 6.07) is 0.456. The second-order valence-electron chi connectivity index (χ2n) is 4.04. The minimum absolute atomic E-state index is 0.171. The summed E-state index contributed by atoms with van der Waals surface area (Å²) in [5, 5.41) is 23.5. The molecule has 3 N–H and O–H groups in total. The minimum atomic E-state index is -1.27. The third-order valence-corrected chi connectivity index (χ3v) is 2.53. The first kappa shape index (κ1) is 15.4. The van der Waals surface area contributed by atoms with E-state index in [0.717, 1.165) is 0 Å². The molecule has 1 atom stereocenters. The number of rotatable bonds is 7. The number of amides is 1. The number of carbonyl (C=O) groups excluding carboxylic acids is 1. The fourth-order valence-corrected chi connectivity index (χ4v) is 1.45. The van der Waals surface area contributed by atoms with Gasteiger partial charge in [0.1, 0.15) is 6.04 Å². The Morgan fingerprint density at radius 3 is 2.65 bits per heavy atom. The van der Waals surface area contributed by atoms with Gasteiger partial charge in [-0.1, -0.05) is 0 Å². The zero-order valence-corrected chi connectivity index (χ0v) is 10.8. The summed E-state index contributed by atoms with van der Waals surface area (Å²) in [6.45, 7) is 0. The van der Waals surface area contributed by atoms with Crippen molar-refractivity contribution in [2.24, 2.45) is 7.05 Å². The highest BCUT2D eigenvalue weighted by atomic mass is 16.4. The third kappa shape index (κ3) is 4.92. The molecule has 1 rings (SSSR count). The van der Waals surface area contributed by atoms with Crippen LogP contribution in [0.2, 0.25) is 0 Å². The number of nitrogens with one attached hydrogen (secondary N) is 1. The lowest BCUT2D eigenvalue weighted by Gasteiger charge is -2.11. The number of carboxylic acid groups (broad SMARTS) is 2. The number of carboxylic acids is 2. The largest absolute Gasteiger partial charge is 0.481 e. The number of aryl methyl sites for hydroxylation is 1. The van der Waals surface area contributed by atoms with E-state index < -0.39 is 23.9 Å². The van der Waals surface area contributed by atoms with Crippen molar-refractivity contribution in [2.45, 2.75) is 18.9 Å². The van der Waals surface area contributed by atoms with Crippen molar-refractivity contribution in [3.63, 3.8) is 0 Å². The molecule has 0 saturated carbocycles. The Hall–Kier alpha value is -2.64. The monoisotopic (exact) mass is 281 g/mol. The molecule has 0 saturated heterocycles. The zero-order chi connectivity index (χ0) is 15.1. The average Bonchev–Trinajstić information content (AvgIpc) is 2.77. The van der Waals surface area contributed by atoms with Crippen LogP contribution in [-0.4, -0.2) is 43.9 Å². The van der Waals surface area contributed by atoms with Gasteiger partial charge in [0.2, 0.25) is 5.91 Å². The van der Waals surface area contributed by atoms with Crippen LogP contribution >= 0.6 is 0 Å². The maximum atomic E-state index is 11.6. The van der Waals surface area contributed by atoms with Crippen LogP contribution in [0.25, 0.3) is 6.08 Å². The van der Waals surface area contributed by atoms with E-state index in [1.165, 1.54) is 12.2 Å². The van der Waals surface area contributed by atoms with E-state index in [2.05, 4.69) is 10.4 Å². The Labute approximate surface area is 114 Å². The number of aromatic nitrogens is 2. The molecule has 1 heterocycles. The van der Waals surface area contributed by atoms with E-state index in [1.807, 2.05) is 0 Å². The summed E-state index contributed by atoms with van der Waals surface area (Å²) in [4.78, 5) is 32.9. The first-order valence-corrected chi connectivity index (χ1v) is 5.81. The van der Waals surface area contributed by atoms with Crippen LogP contribution in [-0.2, 0) is 21.4 Å². The van der Waals surface area contributed by atoms with Crippen LogP contribution in [0.5, 0.6) is 0 Å². The fraction of sp³-hybridized carbons (Fsp3) is 0.333. The Bertz CT molecular complexity index is 535. The second-order valence-corrected chi connectivity index (χ2v) is 4.04. The van der Waals surface area contributed by atoms with Gasteiger partial charge in [0.05, 0.1) is 5.69 Å². The number of nitrogens with zero attached hydrogens (tertiary/aromatic N) is 2. The lowest BCUT2D eigenvalue weighted by Crippen LogP contribution is -2.40. The molecular weight excluding hydrogens is 266 g/mol.